The van der Waals surface area contributed by atoms with Gasteiger partial charge < -0.3 is 29.6 Å². The van der Waals surface area contributed by atoms with Crippen LogP contribution in [0.1, 0.15) is 35.2 Å². The fourth-order valence-electron chi connectivity index (χ4n) is 6.35. The van der Waals surface area contributed by atoms with Crippen LogP contribution in [0.5, 0.6) is 11.5 Å². The number of carbonyl (C=O) groups is 1. The maximum absolute atomic E-state index is 14.2. The van der Waals surface area contributed by atoms with Gasteiger partial charge in [0.05, 0.1) is 30.6 Å². The molecule has 5 aromatic rings. The van der Waals surface area contributed by atoms with Crippen LogP contribution in [0.2, 0.25) is 0 Å². The first-order valence-corrected chi connectivity index (χ1v) is 14.7. The number of phenols is 1. The average molecular weight is 583 g/mol. The fourth-order valence-corrected chi connectivity index (χ4v) is 6.35. The molecule has 0 bridgehead atoms. The molecule has 1 aliphatic heterocycles. The van der Waals surface area contributed by atoms with Crippen molar-refractivity contribution in [2.24, 2.45) is 18.7 Å². The van der Waals surface area contributed by atoms with Gasteiger partial charge in [0.25, 0.3) is 5.91 Å². The van der Waals surface area contributed by atoms with Crippen LogP contribution < -0.4 is 10.5 Å². The number of aromatic hydroxyl groups is 1. The van der Waals surface area contributed by atoms with Gasteiger partial charge in [0, 0.05) is 48.3 Å². The minimum absolute atomic E-state index is 0.0265. The Morgan fingerprint density at radius 1 is 1.14 bits per heavy atom. The summed E-state index contributed by atoms with van der Waals surface area (Å²) in [5, 5.41) is 11.3. The Kier molecular flexibility index (Phi) is 6.61. The van der Waals surface area contributed by atoms with Crippen LogP contribution in [0.15, 0.2) is 48.5 Å². The van der Waals surface area contributed by atoms with Crippen molar-refractivity contribution in [2.75, 3.05) is 20.2 Å². The number of pyridine rings is 1. The van der Waals surface area contributed by atoms with Crippen LogP contribution in [0, 0.1) is 12.8 Å². The number of piperidine rings is 1. The highest BCUT2D eigenvalue weighted by Crippen LogP contribution is 2.38. The van der Waals surface area contributed by atoms with Gasteiger partial charge in [-0.2, -0.15) is 0 Å². The molecule has 7 rings (SSSR count). The molecule has 3 aromatic heterocycles. The number of benzene rings is 2. The predicted molar refractivity (Wildman–Crippen MR) is 164 cm³/mol. The molecule has 0 unspecified atom stereocenters. The third-order valence-corrected chi connectivity index (χ3v) is 8.81. The number of ether oxygens (including phenoxy) is 1. The first-order valence-electron chi connectivity index (χ1n) is 14.7. The molecule has 2 fully saturated rings. The minimum atomic E-state index is -1.14. The Morgan fingerprint density at radius 3 is 2.70 bits per heavy atom. The highest BCUT2D eigenvalue weighted by atomic mass is 19.1. The summed E-state index contributed by atoms with van der Waals surface area (Å²) in [6.45, 7) is 3.05. The normalized spacial score (nSPS) is 19.0. The molecule has 1 amide bonds. The zero-order valence-corrected chi connectivity index (χ0v) is 24.5. The Morgan fingerprint density at radius 2 is 1.95 bits per heavy atom. The van der Waals surface area contributed by atoms with Crippen molar-refractivity contribution in [3.8, 4) is 34.3 Å². The number of nitrogens with two attached hydrogens (primary N) is 1. The van der Waals surface area contributed by atoms with Crippen molar-refractivity contribution in [3.05, 3.63) is 59.7 Å². The van der Waals surface area contributed by atoms with Gasteiger partial charge in [-0.05, 0) is 68.5 Å². The lowest BCUT2D eigenvalue weighted by molar-refractivity contribution is 0.0606. The van der Waals surface area contributed by atoms with Crippen molar-refractivity contribution < 1.29 is 19.0 Å². The highest BCUT2D eigenvalue weighted by molar-refractivity contribution is 6.00. The summed E-state index contributed by atoms with van der Waals surface area (Å²) in [4.78, 5) is 25.0. The van der Waals surface area contributed by atoms with Crippen LogP contribution in [0.4, 0.5) is 4.39 Å². The van der Waals surface area contributed by atoms with Gasteiger partial charge in [-0.3, -0.25) is 4.79 Å². The molecule has 3 N–H and O–H groups in total. The molecule has 2 aromatic carbocycles. The molecule has 1 aliphatic carbocycles. The lowest BCUT2D eigenvalue weighted by Crippen LogP contribution is -2.50. The number of alkyl halides is 1. The van der Waals surface area contributed by atoms with Crippen LogP contribution in [0.3, 0.4) is 0 Å². The van der Waals surface area contributed by atoms with E-state index >= 15 is 0 Å². The third-order valence-electron chi connectivity index (χ3n) is 8.81. The van der Waals surface area contributed by atoms with Gasteiger partial charge >= 0.3 is 0 Å². The van der Waals surface area contributed by atoms with E-state index in [9.17, 15) is 14.3 Å². The van der Waals surface area contributed by atoms with E-state index in [4.69, 9.17) is 20.4 Å². The number of rotatable bonds is 6. The second-order valence-electron chi connectivity index (χ2n) is 12.0. The molecule has 2 atom stereocenters. The number of fused-ring (bicyclic) bond motifs is 2. The van der Waals surface area contributed by atoms with E-state index in [0.29, 0.717) is 29.3 Å². The Labute approximate surface area is 248 Å². The second-order valence-corrected chi connectivity index (χ2v) is 12.0. The number of imidazole rings is 1. The van der Waals surface area contributed by atoms with Gasteiger partial charge in [-0.25, -0.2) is 14.4 Å². The third kappa shape index (κ3) is 4.79. The maximum Gasteiger partial charge on any atom is 0.254 e. The smallest absolute Gasteiger partial charge is 0.254 e. The molecule has 4 heterocycles. The molecular formula is C33H35FN6O3. The molecule has 0 radical (unpaired) electrons. The maximum atomic E-state index is 14.2. The SMILES string of the molecule is COc1cc(C(=O)N2C[C@H](N)C[C@@H](F)C2)cc2nc(-c3cc4ccc(-c5cccc(O)c5C)nc4n3CC3CC3)n(C)c12. The number of halogens is 1. The van der Waals surface area contributed by atoms with Crippen LogP contribution >= 0.6 is 0 Å². The number of hydrogen-bond donors (Lipinski definition) is 2. The standard InChI is InChI=1S/C33H35FN6O3/c1-18-24(5-4-6-28(18)41)25-10-9-20-12-27(40(31(20)36-25)15-19-7-8-19)32-37-26-11-21(13-29(43-3)30(26)38(32)2)33(42)39-16-22(34)14-23(35)17-39/h4-6,9-13,19,22-23,41H,7-8,14-17,35H2,1-3H3/t22-,23-/m1/s1. The van der Waals surface area contributed by atoms with Gasteiger partial charge in [0.2, 0.25) is 0 Å². The topological polar surface area (TPSA) is 111 Å². The predicted octanol–water partition coefficient (Wildman–Crippen LogP) is 5.20. The largest absolute Gasteiger partial charge is 0.508 e. The van der Waals surface area contributed by atoms with E-state index in [0.717, 1.165) is 51.4 Å². The summed E-state index contributed by atoms with van der Waals surface area (Å²) >= 11 is 0. The Bertz CT molecular complexity index is 1880. The van der Waals surface area contributed by atoms with E-state index in [-0.39, 0.29) is 24.6 Å². The van der Waals surface area contributed by atoms with Crippen molar-refractivity contribution in [1.82, 2.24) is 24.0 Å². The zero-order chi connectivity index (χ0) is 30.0. The molecule has 10 heteroatoms. The Balaban J connectivity index is 1.35. The van der Waals surface area contributed by atoms with Crippen LogP contribution in [-0.4, -0.2) is 67.4 Å². The van der Waals surface area contributed by atoms with Crippen molar-refractivity contribution in [3.63, 3.8) is 0 Å². The van der Waals surface area contributed by atoms with E-state index in [1.807, 2.05) is 36.7 Å². The van der Waals surface area contributed by atoms with E-state index in [1.165, 1.54) is 17.7 Å². The molecule has 43 heavy (non-hydrogen) atoms. The van der Waals surface area contributed by atoms with Crippen LogP contribution in [-0.2, 0) is 13.6 Å². The molecule has 1 saturated carbocycles. The molecule has 2 aliphatic rings. The summed E-state index contributed by atoms with van der Waals surface area (Å²) in [6.07, 6.45) is 1.46. The molecule has 9 nitrogen and oxygen atoms in total. The lowest BCUT2D eigenvalue weighted by atomic mass is 10.0. The number of hydrogen-bond acceptors (Lipinski definition) is 6. The Hall–Kier alpha value is -4.44. The molecule has 0 spiro atoms. The number of aromatic nitrogens is 4. The average Bonchev–Trinajstić information content (AvgIpc) is 3.66. The summed E-state index contributed by atoms with van der Waals surface area (Å²) in [7, 11) is 3.52. The quantitative estimate of drug-likeness (QED) is 0.285. The van der Waals surface area contributed by atoms with Gasteiger partial charge in [-0.1, -0.05) is 12.1 Å². The van der Waals surface area contributed by atoms with E-state index in [2.05, 4.69) is 16.7 Å². The summed E-state index contributed by atoms with van der Waals surface area (Å²) in [5.41, 5.74) is 12.0. The second kappa shape index (κ2) is 10.4. The molecule has 1 saturated heterocycles. The summed E-state index contributed by atoms with van der Waals surface area (Å²) < 4.78 is 24.2. The van der Waals surface area contributed by atoms with E-state index < -0.39 is 12.2 Å². The number of nitrogens with zero attached hydrogens (tertiary/aromatic N) is 5. The molecule has 222 valence electrons. The van der Waals surface area contributed by atoms with Crippen molar-refractivity contribution in [1.29, 1.82) is 0 Å². The lowest BCUT2D eigenvalue weighted by Gasteiger charge is -2.33. The number of carbonyl (C=O) groups excluding carboxylic acids is 1. The first-order chi connectivity index (χ1) is 20.7. The fraction of sp³-hybridized carbons (Fsp3) is 0.364. The van der Waals surface area contributed by atoms with Gasteiger partial charge in [0.15, 0.2) is 5.82 Å². The van der Waals surface area contributed by atoms with Crippen molar-refractivity contribution in [2.45, 2.75) is 44.9 Å². The van der Waals surface area contributed by atoms with E-state index in [1.54, 1.807) is 25.3 Å². The van der Waals surface area contributed by atoms with Crippen molar-refractivity contribution >= 4 is 28.0 Å². The number of amides is 1. The van der Waals surface area contributed by atoms with Crippen LogP contribution in [0.25, 0.3) is 44.8 Å². The first kappa shape index (κ1) is 27.4. The number of likely N-dealkylation sites (tertiary alicyclic amines) is 1. The zero-order valence-electron chi connectivity index (χ0n) is 24.5. The number of methoxy groups -OCH3 is 1. The van der Waals surface area contributed by atoms with Gasteiger partial charge in [0.1, 0.15) is 28.8 Å². The minimum Gasteiger partial charge on any atom is -0.508 e. The summed E-state index contributed by atoms with van der Waals surface area (Å²) in [5.74, 6) is 1.78. The highest BCUT2D eigenvalue weighted by Gasteiger charge is 2.30. The number of phenolic OH excluding ortho intramolecular Hbond substituents is 1. The number of aryl methyl sites for hydroxylation is 1. The summed E-state index contributed by atoms with van der Waals surface area (Å²) in [6, 6.07) is 14.7. The van der Waals surface area contributed by atoms with Gasteiger partial charge in [-0.15, -0.1) is 0 Å². The molecular weight excluding hydrogens is 547 g/mol. The monoisotopic (exact) mass is 582 g/mol.